The highest BCUT2D eigenvalue weighted by Gasteiger charge is 2.17. The molecule has 1 aromatic rings. The quantitative estimate of drug-likeness (QED) is 0.638. The molecule has 0 aromatic heterocycles. The van der Waals surface area contributed by atoms with Gasteiger partial charge in [-0.15, -0.1) is 0 Å². The maximum Gasteiger partial charge on any atom is 0.224 e. The van der Waals surface area contributed by atoms with Crippen molar-refractivity contribution >= 4 is 17.5 Å². The first-order valence-electron chi connectivity index (χ1n) is 10.1. The monoisotopic (exact) mass is 375 g/mol. The summed E-state index contributed by atoms with van der Waals surface area (Å²) >= 11 is 0. The molecule has 0 saturated carbocycles. The Bertz CT molecular complexity index is 581. The minimum absolute atomic E-state index is 0.0519. The molecular formula is C21H33N3O3. The highest BCUT2D eigenvalue weighted by atomic mass is 16.5. The Morgan fingerprint density at radius 1 is 1.04 bits per heavy atom. The SMILES string of the molecule is CCCCOc1ccc(NC(=O)CCCCN2CCN(C(C)=O)CC2)cc1. The summed E-state index contributed by atoms with van der Waals surface area (Å²) in [7, 11) is 0. The van der Waals surface area contributed by atoms with Crippen LogP contribution < -0.4 is 10.1 Å². The van der Waals surface area contributed by atoms with Crippen LogP contribution in [0.3, 0.4) is 0 Å². The zero-order valence-electron chi connectivity index (χ0n) is 16.7. The third-order valence-electron chi connectivity index (χ3n) is 4.85. The van der Waals surface area contributed by atoms with Crippen LogP contribution in [0.25, 0.3) is 0 Å². The van der Waals surface area contributed by atoms with E-state index < -0.39 is 0 Å². The summed E-state index contributed by atoms with van der Waals surface area (Å²) in [4.78, 5) is 27.7. The molecule has 2 rings (SSSR count). The van der Waals surface area contributed by atoms with Gasteiger partial charge in [-0.3, -0.25) is 14.5 Å². The van der Waals surface area contributed by atoms with Gasteiger partial charge in [-0.1, -0.05) is 13.3 Å². The highest BCUT2D eigenvalue weighted by Crippen LogP contribution is 2.16. The number of anilines is 1. The largest absolute Gasteiger partial charge is 0.494 e. The van der Waals surface area contributed by atoms with E-state index in [-0.39, 0.29) is 11.8 Å². The number of hydrogen-bond acceptors (Lipinski definition) is 4. The first-order valence-corrected chi connectivity index (χ1v) is 10.1. The first-order chi connectivity index (χ1) is 13.1. The van der Waals surface area contributed by atoms with Gasteiger partial charge in [-0.05, 0) is 50.1 Å². The number of hydrogen-bond donors (Lipinski definition) is 1. The number of benzene rings is 1. The molecule has 1 N–H and O–H groups in total. The van der Waals surface area contributed by atoms with Gasteiger partial charge in [-0.25, -0.2) is 0 Å². The van der Waals surface area contributed by atoms with Gasteiger partial charge in [0.25, 0.3) is 0 Å². The molecule has 1 fully saturated rings. The summed E-state index contributed by atoms with van der Waals surface area (Å²) in [6.07, 6.45) is 4.56. The van der Waals surface area contributed by atoms with Gasteiger partial charge in [0.05, 0.1) is 6.61 Å². The zero-order chi connectivity index (χ0) is 19.5. The van der Waals surface area contributed by atoms with Crippen LogP contribution in [0.4, 0.5) is 5.69 Å². The molecular weight excluding hydrogens is 342 g/mol. The molecule has 6 heteroatoms. The van der Waals surface area contributed by atoms with Crippen LogP contribution in [0.15, 0.2) is 24.3 Å². The van der Waals surface area contributed by atoms with E-state index in [2.05, 4.69) is 17.1 Å². The van der Waals surface area contributed by atoms with Crippen molar-refractivity contribution in [2.75, 3.05) is 44.6 Å². The van der Waals surface area contributed by atoms with Crippen LogP contribution >= 0.6 is 0 Å². The molecule has 0 spiro atoms. The minimum Gasteiger partial charge on any atom is -0.494 e. The Hall–Kier alpha value is -2.08. The molecule has 27 heavy (non-hydrogen) atoms. The summed E-state index contributed by atoms with van der Waals surface area (Å²) in [5.74, 6) is 1.05. The normalized spacial score (nSPS) is 14.8. The third kappa shape index (κ3) is 7.99. The summed E-state index contributed by atoms with van der Waals surface area (Å²) in [5, 5.41) is 2.94. The van der Waals surface area contributed by atoms with E-state index in [0.29, 0.717) is 6.42 Å². The number of amides is 2. The molecule has 1 heterocycles. The maximum atomic E-state index is 12.1. The molecule has 6 nitrogen and oxygen atoms in total. The highest BCUT2D eigenvalue weighted by molar-refractivity contribution is 5.90. The van der Waals surface area contributed by atoms with E-state index in [1.165, 1.54) is 0 Å². The van der Waals surface area contributed by atoms with Crippen molar-refractivity contribution in [1.82, 2.24) is 9.80 Å². The van der Waals surface area contributed by atoms with Crippen LogP contribution in [-0.2, 0) is 9.59 Å². The molecule has 2 amide bonds. The Morgan fingerprint density at radius 2 is 1.74 bits per heavy atom. The minimum atomic E-state index is 0.0519. The molecule has 1 aliphatic rings. The van der Waals surface area contributed by atoms with Crippen molar-refractivity contribution in [3.8, 4) is 5.75 Å². The van der Waals surface area contributed by atoms with Crippen LogP contribution in [0, 0.1) is 0 Å². The molecule has 0 radical (unpaired) electrons. The fourth-order valence-corrected chi connectivity index (χ4v) is 3.10. The predicted octanol–water partition coefficient (Wildman–Crippen LogP) is 3.14. The van der Waals surface area contributed by atoms with Crippen molar-refractivity contribution in [3.05, 3.63) is 24.3 Å². The standard InChI is InChI=1S/C21H33N3O3/c1-3-4-17-27-20-10-8-19(9-11-20)22-21(26)7-5-6-12-23-13-15-24(16-14-23)18(2)25/h8-11H,3-7,12-17H2,1-2H3,(H,22,26). The fraction of sp³-hybridized carbons (Fsp3) is 0.619. The van der Waals surface area contributed by atoms with Crippen LogP contribution in [0.2, 0.25) is 0 Å². The summed E-state index contributed by atoms with van der Waals surface area (Å²) < 4.78 is 5.62. The molecule has 0 aliphatic carbocycles. The second-order valence-corrected chi connectivity index (χ2v) is 7.08. The topological polar surface area (TPSA) is 61.9 Å². The molecule has 0 unspecified atom stereocenters. The van der Waals surface area contributed by atoms with E-state index in [9.17, 15) is 9.59 Å². The van der Waals surface area contributed by atoms with Crippen LogP contribution in [0.1, 0.15) is 46.0 Å². The summed E-state index contributed by atoms with van der Waals surface area (Å²) in [5.41, 5.74) is 0.809. The van der Waals surface area contributed by atoms with Crippen molar-refractivity contribution in [3.63, 3.8) is 0 Å². The smallest absolute Gasteiger partial charge is 0.224 e. The zero-order valence-corrected chi connectivity index (χ0v) is 16.7. The number of nitrogens with zero attached hydrogens (tertiary/aromatic N) is 2. The lowest BCUT2D eigenvalue weighted by atomic mass is 10.2. The van der Waals surface area contributed by atoms with Gasteiger partial charge in [-0.2, -0.15) is 0 Å². The number of piperazine rings is 1. The van der Waals surface area contributed by atoms with Crippen molar-refractivity contribution < 1.29 is 14.3 Å². The van der Waals surface area contributed by atoms with E-state index in [1.54, 1.807) is 6.92 Å². The number of carbonyl (C=O) groups is 2. The van der Waals surface area contributed by atoms with E-state index in [0.717, 1.165) is 76.5 Å². The molecule has 1 aromatic carbocycles. The first kappa shape index (κ1) is 21.2. The lowest BCUT2D eigenvalue weighted by Gasteiger charge is -2.34. The van der Waals surface area contributed by atoms with Crippen molar-refractivity contribution in [1.29, 1.82) is 0 Å². The molecule has 0 atom stereocenters. The average molecular weight is 376 g/mol. The molecule has 1 saturated heterocycles. The second kappa shape index (κ2) is 11.6. The molecule has 150 valence electrons. The van der Waals surface area contributed by atoms with Gasteiger partial charge in [0.2, 0.25) is 11.8 Å². The number of carbonyl (C=O) groups excluding carboxylic acids is 2. The van der Waals surface area contributed by atoms with Crippen LogP contribution in [-0.4, -0.2) is 60.9 Å². The van der Waals surface area contributed by atoms with Gasteiger partial charge in [0.1, 0.15) is 5.75 Å². The van der Waals surface area contributed by atoms with Crippen LogP contribution in [0.5, 0.6) is 5.75 Å². The maximum absolute atomic E-state index is 12.1. The Labute approximate surface area is 162 Å². The number of rotatable bonds is 10. The Balaban J connectivity index is 1.57. The summed E-state index contributed by atoms with van der Waals surface area (Å²) in [6.45, 7) is 8.96. The number of nitrogens with one attached hydrogen (secondary N) is 1. The lowest BCUT2D eigenvalue weighted by Crippen LogP contribution is -2.48. The molecule has 0 bridgehead atoms. The van der Waals surface area contributed by atoms with Gasteiger partial charge >= 0.3 is 0 Å². The third-order valence-corrected chi connectivity index (χ3v) is 4.85. The Kier molecular flexibility index (Phi) is 9.11. The fourth-order valence-electron chi connectivity index (χ4n) is 3.10. The molecule has 1 aliphatic heterocycles. The van der Waals surface area contributed by atoms with E-state index >= 15 is 0 Å². The predicted molar refractivity (Wildman–Crippen MR) is 108 cm³/mol. The van der Waals surface area contributed by atoms with Crippen molar-refractivity contribution in [2.45, 2.75) is 46.0 Å². The van der Waals surface area contributed by atoms with Gasteiger partial charge in [0.15, 0.2) is 0 Å². The van der Waals surface area contributed by atoms with E-state index in [4.69, 9.17) is 4.74 Å². The summed E-state index contributed by atoms with van der Waals surface area (Å²) in [6, 6.07) is 7.55. The lowest BCUT2D eigenvalue weighted by molar-refractivity contribution is -0.130. The van der Waals surface area contributed by atoms with E-state index in [1.807, 2.05) is 29.2 Å². The Morgan fingerprint density at radius 3 is 2.37 bits per heavy atom. The number of ether oxygens (including phenoxy) is 1. The number of unbranched alkanes of at least 4 members (excludes halogenated alkanes) is 2. The van der Waals surface area contributed by atoms with Gasteiger partial charge in [0, 0.05) is 45.2 Å². The van der Waals surface area contributed by atoms with Crippen molar-refractivity contribution in [2.24, 2.45) is 0 Å². The van der Waals surface area contributed by atoms with Gasteiger partial charge < -0.3 is 15.0 Å². The second-order valence-electron chi connectivity index (χ2n) is 7.08. The average Bonchev–Trinajstić information content (AvgIpc) is 2.67.